The van der Waals surface area contributed by atoms with Crippen LogP contribution in [0.3, 0.4) is 0 Å². The molecule has 0 spiro atoms. The molecule has 7 nitrogen and oxygen atoms in total. The number of piperidine rings is 1. The molecule has 0 atom stereocenters. The van der Waals surface area contributed by atoms with Crippen molar-refractivity contribution >= 4 is 23.4 Å². The number of ketones is 1. The van der Waals surface area contributed by atoms with E-state index in [0.717, 1.165) is 30.9 Å². The number of benzene rings is 2. The first-order chi connectivity index (χ1) is 17.6. The lowest BCUT2D eigenvalue weighted by Crippen LogP contribution is -2.45. The highest BCUT2D eigenvalue weighted by atomic mass is 19.3. The highest BCUT2D eigenvalue weighted by molar-refractivity contribution is 5.99. The number of Topliss-reactive ketones (excluding diaryl/α,β-unsaturated/α-hetero) is 1. The summed E-state index contributed by atoms with van der Waals surface area (Å²) in [6.45, 7) is 4.37. The monoisotopic (exact) mass is 517 g/mol. The maximum absolute atomic E-state index is 15.2. The minimum absolute atomic E-state index is 0.0737. The van der Waals surface area contributed by atoms with Gasteiger partial charge in [-0.3, -0.25) is 14.5 Å². The van der Waals surface area contributed by atoms with Crippen LogP contribution >= 0.6 is 0 Å². The minimum atomic E-state index is -3.25. The van der Waals surface area contributed by atoms with Crippen LogP contribution in [0.1, 0.15) is 54.6 Å². The number of carbonyl (C=O) groups excluding carboxylic acids is 3. The standard InChI is InChI=1S/C27H30F3N3O4/c1-27(2)14-18-7-6-8-21(23(18)37-27)33(26(36)32-11-4-3-5-12-32)16-19-10-9-17(13-20(19)28)22(34)15-31-25(35)24(29)30/h6-10,13,24H,3-5,11-12,14-16H2,1-2H3,(H,31,35). The summed E-state index contributed by atoms with van der Waals surface area (Å²) in [6.07, 6.45) is 0.259. The number of alkyl halides is 2. The Balaban J connectivity index is 1.61. The van der Waals surface area contributed by atoms with Crippen LogP contribution in [-0.2, 0) is 17.8 Å². The maximum Gasteiger partial charge on any atom is 0.324 e. The van der Waals surface area contributed by atoms with E-state index in [1.54, 1.807) is 11.0 Å². The molecule has 0 unspecified atom stereocenters. The van der Waals surface area contributed by atoms with E-state index in [4.69, 9.17) is 4.74 Å². The van der Waals surface area contributed by atoms with Crippen LogP contribution in [-0.4, -0.2) is 54.3 Å². The molecule has 1 saturated heterocycles. The molecule has 10 heteroatoms. The van der Waals surface area contributed by atoms with Gasteiger partial charge in [0.25, 0.3) is 5.91 Å². The van der Waals surface area contributed by atoms with Gasteiger partial charge in [0.2, 0.25) is 0 Å². The van der Waals surface area contributed by atoms with E-state index >= 15 is 4.39 Å². The summed E-state index contributed by atoms with van der Waals surface area (Å²) in [5.41, 5.74) is 1.17. The molecule has 2 aliphatic heterocycles. The first-order valence-corrected chi connectivity index (χ1v) is 12.3. The van der Waals surface area contributed by atoms with Gasteiger partial charge in [0.05, 0.1) is 18.8 Å². The number of nitrogens with one attached hydrogen (secondary N) is 1. The molecule has 2 heterocycles. The molecule has 1 fully saturated rings. The quantitative estimate of drug-likeness (QED) is 0.540. The SMILES string of the molecule is CC1(C)Cc2cccc(N(Cc3ccc(C(=O)CNC(=O)C(F)F)cc3F)C(=O)N3CCCCC3)c2O1. The van der Waals surface area contributed by atoms with Gasteiger partial charge in [-0.25, -0.2) is 9.18 Å². The Morgan fingerprint density at radius 1 is 1.11 bits per heavy atom. The largest absolute Gasteiger partial charge is 0.485 e. The topological polar surface area (TPSA) is 79.0 Å². The third-order valence-electron chi connectivity index (χ3n) is 6.54. The average molecular weight is 518 g/mol. The summed E-state index contributed by atoms with van der Waals surface area (Å²) in [6, 6.07) is 9.06. The van der Waals surface area contributed by atoms with Gasteiger partial charge in [0.1, 0.15) is 17.2 Å². The fraction of sp³-hybridized carbons (Fsp3) is 0.444. The van der Waals surface area contributed by atoms with Crippen LogP contribution in [0, 0.1) is 5.82 Å². The number of nitrogens with zero attached hydrogens (tertiary/aromatic N) is 2. The molecule has 0 saturated carbocycles. The molecule has 0 bridgehead atoms. The smallest absolute Gasteiger partial charge is 0.324 e. The number of ether oxygens (including phenoxy) is 1. The van der Waals surface area contributed by atoms with Crippen molar-refractivity contribution < 1.29 is 32.3 Å². The van der Waals surface area contributed by atoms with Gasteiger partial charge < -0.3 is 15.0 Å². The molecule has 198 valence electrons. The summed E-state index contributed by atoms with van der Waals surface area (Å²) >= 11 is 0. The van der Waals surface area contributed by atoms with Crippen molar-refractivity contribution in [2.75, 3.05) is 24.5 Å². The Bertz CT molecular complexity index is 1200. The second-order valence-electron chi connectivity index (χ2n) is 9.97. The average Bonchev–Trinajstić information content (AvgIpc) is 3.20. The second kappa shape index (κ2) is 10.8. The number of hydrogen-bond acceptors (Lipinski definition) is 4. The highest BCUT2D eigenvalue weighted by Crippen LogP contribution is 2.43. The third-order valence-corrected chi connectivity index (χ3v) is 6.54. The van der Waals surface area contributed by atoms with Crippen LogP contribution < -0.4 is 15.0 Å². The number of anilines is 1. The van der Waals surface area contributed by atoms with E-state index in [2.05, 4.69) is 0 Å². The van der Waals surface area contributed by atoms with E-state index in [-0.39, 0.29) is 23.7 Å². The zero-order valence-corrected chi connectivity index (χ0v) is 20.9. The van der Waals surface area contributed by atoms with Crippen LogP contribution in [0.5, 0.6) is 5.75 Å². The van der Waals surface area contributed by atoms with Crippen molar-refractivity contribution in [3.8, 4) is 5.75 Å². The van der Waals surface area contributed by atoms with Crippen molar-refractivity contribution in [2.24, 2.45) is 0 Å². The van der Waals surface area contributed by atoms with Gasteiger partial charge in [-0.2, -0.15) is 8.78 Å². The number of carbonyl (C=O) groups is 3. The Kier molecular flexibility index (Phi) is 7.75. The predicted octanol–water partition coefficient (Wildman–Crippen LogP) is 4.72. The van der Waals surface area contributed by atoms with E-state index in [0.29, 0.717) is 30.9 Å². The molecule has 3 amide bonds. The lowest BCUT2D eigenvalue weighted by molar-refractivity contribution is -0.131. The van der Waals surface area contributed by atoms with E-state index < -0.39 is 36.1 Å². The van der Waals surface area contributed by atoms with Crippen LogP contribution in [0.15, 0.2) is 36.4 Å². The summed E-state index contributed by atoms with van der Waals surface area (Å²) in [5.74, 6) is -2.41. The molecule has 37 heavy (non-hydrogen) atoms. The lowest BCUT2D eigenvalue weighted by Gasteiger charge is -2.34. The predicted molar refractivity (Wildman–Crippen MR) is 132 cm³/mol. The zero-order valence-electron chi connectivity index (χ0n) is 20.9. The van der Waals surface area contributed by atoms with Crippen molar-refractivity contribution in [1.82, 2.24) is 10.2 Å². The molecular weight excluding hydrogens is 487 g/mol. The first kappa shape index (κ1) is 26.5. The van der Waals surface area contributed by atoms with Crippen LogP contribution in [0.25, 0.3) is 0 Å². The number of halogens is 3. The van der Waals surface area contributed by atoms with E-state index in [1.165, 1.54) is 17.0 Å². The molecular formula is C27H30F3N3O4. The Morgan fingerprint density at radius 2 is 1.84 bits per heavy atom. The zero-order chi connectivity index (χ0) is 26.7. The number of hydrogen-bond donors (Lipinski definition) is 1. The minimum Gasteiger partial charge on any atom is -0.485 e. The van der Waals surface area contributed by atoms with Gasteiger partial charge in [-0.15, -0.1) is 0 Å². The number of urea groups is 1. The molecule has 2 aliphatic rings. The summed E-state index contributed by atoms with van der Waals surface area (Å²) in [5, 5.41) is 1.82. The fourth-order valence-corrected chi connectivity index (χ4v) is 4.69. The van der Waals surface area contributed by atoms with E-state index in [1.807, 2.05) is 31.3 Å². The first-order valence-electron chi connectivity index (χ1n) is 12.3. The molecule has 1 N–H and O–H groups in total. The van der Waals surface area contributed by atoms with Crippen LogP contribution in [0.4, 0.5) is 23.7 Å². The normalized spacial score (nSPS) is 16.2. The second-order valence-corrected chi connectivity index (χ2v) is 9.97. The van der Waals surface area contributed by atoms with Gasteiger partial charge >= 0.3 is 12.5 Å². The maximum atomic E-state index is 15.2. The fourth-order valence-electron chi connectivity index (χ4n) is 4.69. The highest BCUT2D eigenvalue weighted by Gasteiger charge is 2.35. The molecule has 2 aromatic carbocycles. The van der Waals surface area contributed by atoms with Crippen molar-refractivity contribution in [3.05, 3.63) is 58.9 Å². The summed E-state index contributed by atoms with van der Waals surface area (Å²) in [7, 11) is 0. The molecule has 4 rings (SSSR count). The Labute approximate surface area is 213 Å². The molecule has 0 aliphatic carbocycles. The van der Waals surface area contributed by atoms with Crippen molar-refractivity contribution in [1.29, 1.82) is 0 Å². The lowest BCUT2D eigenvalue weighted by atomic mass is 10.0. The Hall–Kier alpha value is -3.56. The van der Waals surface area contributed by atoms with Crippen LogP contribution in [0.2, 0.25) is 0 Å². The third kappa shape index (κ3) is 6.06. The number of amides is 3. The summed E-state index contributed by atoms with van der Waals surface area (Å²) < 4.78 is 46.1. The number of para-hydroxylation sites is 1. The van der Waals surface area contributed by atoms with Gasteiger partial charge in [-0.1, -0.05) is 24.3 Å². The number of rotatable bonds is 7. The van der Waals surface area contributed by atoms with E-state index in [9.17, 15) is 23.2 Å². The molecule has 2 aromatic rings. The van der Waals surface area contributed by atoms with Crippen molar-refractivity contribution in [3.63, 3.8) is 0 Å². The Morgan fingerprint density at radius 3 is 2.51 bits per heavy atom. The number of fused-ring (bicyclic) bond motifs is 1. The summed E-state index contributed by atoms with van der Waals surface area (Å²) in [4.78, 5) is 40.2. The van der Waals surface area contributed by atoms with Gasteiger partial charge in [0, 0.05) is 36.2 Å². The molecule has 0 radical (unpaired) electrons. The van der Waals surface area contributed by atoms with Crippen molar-refractivity contribution in [2.45, 2.75) is 58.1 Å². The van der Waals surface area contributed by atoms with Gasteiger partial charge in [-0.05, 0) is 45.2 Å². The van der Waals surface area contributed by atoms with Gasteiger partial charge in [0.15, 0.2) is 5.78 Å². The molecule has 0 aromatic heterocycles. The number of likely N-dealkylation sites (tertiary alicyclic amines) is 1.